The van der Waals surface area contributed by atoms with Crippen LogP contribution in [0.5, 0.6) is 0 Å². The topological polar surface area (TPSA) is 9.86 Å². The molecule has 0 unspecified atom stereocenters. The Morgan fingerprint density at radius 1 is 0.667 bits per heavy atom. The lowest BCUT2D eigenvalue weighted by Crippen LogP contribution is -2.00. The van der Waals surface area contributed by atoms with Gasteiger partial charge < -0.3 is 9.13 Å². The molecule has 0 N–H and O–H groups in total. The Morgan fingerprint density at radius 2 is 1.29 bits per heavy atom. The van der Waals surface area contributed by atoms with E-state index >= 15 is 0 Å². The number of nitrogens with zero attached hydrogens (tertiary/aromatic N) is 2. The number of fused-ring (bicyclic) bond motifs is 4. The van der Waals surface area contributed by atoms with E-state index in [2.05, 4.69) is 144 Å². The number of hydrogen-bond acceptors (Lipinski definition) is 0. The summed E-state index contributed by atoms with van der Waals surface area (Å²) in [5, 5.41) is 1.28. The van der Waals surface area contributed by atoms with E-state index in [-0.39, 0.29) is 0 Å². The predicted octanol–water partition coefficient (Wildman–Crippen LogP) is 12.8. The molecule has 2 heteroatoms. The summed E-state index contributed by atoms with van der Waals surface area (Å²) in [5.41, 5.74) is 13.5. The lowest BCUT2D eigenvalue weighted by molar-refractivity contribution is 1.04. The monoisotopic (exact) mass is 592 g/mol. The quantitative estimate of drug-likeness (QED) is 0.192. The van der Waals surface area contributed by atoms with Gasteiger partial charge >= 0.3 is 0 Å². The minimum absolute atomic E-state index is 0.953. The molecule has 0 aliphatic heterocycles. The lowest BCUT2D eigenvalue weighted by atomic mass is 10.0. The third-order valence-corrected chi connectivity index (χ3v) is 7.84. The standard InChI is InChI=1S/C37H30N2.3C2H6/c1-3-13-34-30(4-2)31-20-12-23-37(31)38(34)28-16-10-14-26(24-28)27-15-11-17-29(25-27)39-35-21-7-5-6-18-32(35)33-19-8-9-22-36(33)39;3*1-2/h3-4,6-19,21-25H,2,5,20H2,1H3;3*1-2H3/b13-3-;;;. The number of rotatable bonds is 5. The lowest BCUT2D eigenvalue weighted by Gasteiger charge is -2.14. The van der Waals surface area contributed by atoms with Crippen LogP contribution >= 0.6 is 0 Å². The maximum atomic E-state index is 4.13. The zero-order valence-corrected chi connectivity index (χ0v) is 28.1. The van der Waals surface area contributed by atoms with Crippen molar-refractivity contribution in [2.24, 2.45) is 0 Å². The van der Waals surface area contributed by atoms with E-state index in [9.17, 15) is 0 Å². The normalized spacial score (nSPS) is 12.3. The van der Waals surface area contributed by atoms with Gasteiger partial charge in [-0.05, 0) is 85.0 Å². The highest BCUT2D eigenvalue weighted by Gasteiger charge is 2.22. The van der Waals surface area contributed by atoms with Crippen LogP contribution < -0.4 is 0 Å². The number of para-hydroxylation sites is 1. The van der Waals surface area contributed by atoms with Crippen LogP contribution in [0.3, 0.4) is 0 Å². The highest BCUT2D eigenvalue weighted by molar-refractivity contribution is 5.96. The van der Waals surface area contributed by atoms with Gasteiger partial charge in [0.05, 0.1) is 22.6 Å². The highest BCUT2D eigenvalue weighted by Crippen LogP contribution is 2.37. The van der Waals surface area contributed by atoms with Gasteiger partial charge in [-0.15, -0.1) is 0 Å². The van der Waals surface area contributed by atoms with Gasteiger partial charge in [-0.2, -0.15) is 0 Å². The summed E-state index contributed by atoms with van der Waals surface area (Å²) in [7, 11) is 0. The van der Waals surface area contributed by atoms with Crippen LogP contribution in [0.25, 0.3) is 63.8 Å². The van der Waals surface area contributed by atoms with Gasteiger partial charge in [0, 0.05) is 27.9 Å². The third-order valence-electron chi connectivity index (χ3n) is 7.84. The molecule has 3 aromatic carbocycles. The first kappa shape index (κ1) is 33.1. The van der Waals surface area contributed by atoms with E-state index in [0.717, 1.165) is 18.5 Å². The summed E-state index contributed by atoms with van der Waals surface area (Å²) in [4.78, 5) is 0. The SMILES string of the molecule is C=Cc1c2c(n(-c3cccc(-c4cccc(-n5c6c(c7ccccc75)C=CCC=C6)c4)c3)c1/C=C\C)C=CC2.CC.CC.CC. The summed E-state index contributed by atoms with van der Waals surface area (Å²) >= 11 is 0. The first-order valence-electron chi connectivity index (χ1n) is 16.7. The molecule has 2 aliphatic carbocycles. The Labute approximate surface area is 271 Å². The zero-order chi connectivity index (χ0) is 32.3. The second-order valence-corrected chi connectivity index (χ2v) is 10.1. The first-order chi connectivity index (χ1) is 22.3. The summed E-state index contributed by atoms with van der Waals surface area (Å²) in [5.74, 6) is 0. The smallest absolute Gasteiger partial charge is 0.0541 e. The molecule has 0 saturated heterocycles. The van der Waals surface area contributed by atoms with Crippen LogP contribution in [0, 0.1) is 0 Å². The largest absolute Gasteiger partial charge is 0.310 e. The molecule has 5 aromatic rings. The van der Waals surface area contributed by atoms with Gasteiger partial charge in [-0.3, -0.25) is 0 Å². The molecule has 45 heavy (non-hydrogen) atoms. The van der Waals surface area contributed by atoms with Crippen molar-refractivity contribution in [2.45, 2.75) is 61.3 Å². The molecule has 2 aliphatic rings. The maximum Gasteiger partial charge on any atom is 0.0541 e. The van der Waals surface area contributed by atoms with E-state index in [0.29, 0.717) is 0 Å². The van der Waals surface area contributed by atoms with Gasteiger partial charge in [0.1, 0.15) is 0 Å². The molecule has 0 spiro atoms. The van der Waals surface area contributed by atoms with Crippen molar-refractivity contribution < 1.29 is 0 Å². The molecule has 2 aromatic heterocycles. The molecular weight excluding hydrogens is 544 g/mol. The fourth-order valence-electron chi connectivity index (χ4n) is 6.18. The van der Waals surface area contributed by atoms with Gasteiger partial charge in [-0.25, -0.2) is 0 Å². The second kappa shape index (κ2) is 15.8. The predicted molar refractivity (Wildman–Crippen MR) is 202 cm³/mol. The molecular formula is C43H48N2. The summed E-state index contributed by atoms with van der Waals surface area (Å²) < 4.78 is 4.77. The molecule has 0 saturated carbocycles. The number of hydrogen-bond donors (Lipinski definition) is 0. The van der Waals surface area contributed by atoms with Crippen molar-refractivity contribution in [2.75, 3.05) is 0 Å². The van der Waals surface area contributed by atoms with Gasteiger partial charge in [0.15, 0.2) is 0 Å². The Morgan fingerprint density at radius 3 is 1.96 bits per heavy atom. The van der Waals surface area contributed by atoms with E-state index in [1.165, 1.54) is 61.5 Å². The minimum atomic E-state index is 0.953. The number of aromatic nitrogens is 2. The van der Waals surface area contributed by atoms with Gasteiger partial charge in [-0.1, -0.05) is 127 Å². The Balaban J connectivity index is 0.000000727. The van der Waals surface area contributed by atoms with Crippen LogP contribution in [0.4, 0.5) is 0 Å². The zero-order valence-electron chi connectivity index (χ0n) is 28.1. The molecule has 2 heterocycles. The van der Waals surface area contributed by atoms with Gasteiger partial charge in [0.2, 0.25) is 0 Å². The second-order valence-electron chi connectivity index (χ2n) is 10.1. The molecule has 230 valence electrons. The van der Waals surface area contributed by atoms with Crippen molar-refractivity contribution >= 4 is 41.3 Å². The molecule has 2 nitrogen and oxygen atoms in total. The van der Waals surface area contributed by atoms with Crippen molar-refractivity contribution in [3.63, 3.8) is 0 Å². The molecule has 7 rings (SSSR count). The van der Waals surface area contributed by atoms with Crippen molar-refractivity contribution in [3.05, 3.63) is 137 Å². The van der Waals surface area contributed by atoms with Crippen LogP contribution in [0.15, 0.2) is 104 Å². The molecule has 0 atom stereocenters. The molecule has 0 amide bonds. The average Bonchev–Trinajstić information content (AvgIpc) is 3.72. The average molecular weight is 593 g/mol. The van der Waals surface area contributed by atoms with Crippen molar-refractivity contribution in [1.82, 2.24) is 9.13 Å². The van der Waals surface area contributed by atoms with Crippen molar-refractivity contribution in [1.29, 1.82) is 0 Å². The van der Waals surface area contributed by atoms with E-state index in [1.807, 2.05) is 47.6 Å². The minimum Gasteiger partial charge on any atom is -0.310 e. The fourth-order valence-corrected chi connectivity index (χ4v) is 6.18. The third kappa shape index (κ3) is 6.24. The van der Waals surface area contributed by atoms with Crippen LogP contribution in [0.1, 0.15) is 88.7 Å². The van der Waals surface area contributed by atoms with E-state index in [4.69, 9.17) is 0 Å². The van der Waals surface area contributed by atoms with Gasteiger partial charge in [0.25, 0.3) is 0 Å². The Bertz CT molecular complexity index is 1880. The van der Waals surface area contributed by atoms with E-state index in [1.54, 1.807) is 0 Å². The maximum absolute atomic E-state index is 4.13. The molecule has 0 radical (unpaired) electrons. The Kier molecular flexibility index (Phi) is 11.6. The Hall–Kier alpha value is -4.82. The first-order valence-corrected chi connectivity index (χ1v) is 16.7. The summed E-state index contributed by atoms with van der Waals surface area (Å²) in [6.45, 7) is 18.2. The molecule has 0 fully saturated rings. The fraction of sp³-hybridized carbons (Fsp3) is 0.209. The number of allylic oxidation sites excluding steroid dienone is 4. The summed E-state index contributed by atoms with van der Waals surface area (Å²) in [6, 6.07) is 26.5. The van der Waals surface area contributed by atoms with E-state index < -0.39 is 0 Å². The molecule has 0 bridgehead atoms. The van der Waals surface area contributed by atoms with Crippen LogP contribution in [-0.4, -0.2) is 9.13 Å². The number of benzene rings is 3. The van der Waals surface area contributed by atoms with Crippen molar-refractivity contribution in [3.8, 4) is 22.5 Å². The van der Waals surface area contributed by atoms with Crippen LogP contribution in [-0.2, 0) is 6.42 Å². The highest BCUT2D eigenvalue weighted by atomic mass is 15.0. The summed E-state index contributed by atoms with van der Waals surface area (Å²) in [6.07, 6.45) is 21.7. The van der Waals surface area contributed by atoms with Crippen LogP contribution in [0.2, 0.25) is 0 Å².